The number of halogens is 1. The normalized spacial score (nSPS) is 17.8. The maximum Gasteiger partial charge on any atom is 0.220 e. The van der Waals surface area contributed by atoms with E-state index in [4.69, 9.17) is 0 Å². The van der Waals surface area contributed by atoms with Crippen molar-refractivity contribution in [3.05, 3.63) is 35.9 Å². The molecule has 0 bridgehead atoms. The standard InChI is InChI=1S/C15H22N2O.ClH/c18-15(9-8-13-5-2-1-3-6-13)17-12-10-14-7-4-11-16-14;/h1-3,5-6,14,16H,4,7-12H2,(H,17,18);1H/t14-;/m1./s1. The minimum absolute atomic E-state index is 0. The van der Waals surface area contributed by atoms with E-state index in [-0.39, 0.29) is 18.3 Å². The molecule has 106 valence electrons. The molecule has 2 rings (SSSR count). The summed E-state index contributed by atoms with van der Waals surface area (Å²) in [6.45, 7) is 1.93. The minimum atomic E-state index is 0. The number of benzene rings is 1. The summed E-state index contributed by atoms with van der Waals surface area (Å²) in [5.74, 6) is 0.164. The number of hydrogen-bond donors (Lipinski definition) is 2. The fourth-order valence-electron chi connectivity index (χ4n) is 2.38. The molecular weight excluding hydrogens is 260 g/mol. The van der Waals surface area contributed by atoms with Crippen molar-refractivity contribution in [3.8, 4) is 0 Å². The van der Waals surface area contributed by atoms with Crippen LogP contribution in [0.5, 0.6) is 0 Å². The van der Waals surface area contributed by atoms with Gasteiger partial charge in [0, 0.05) is 19.0 Å². The Labute approximate surface area is 121 Å². The topological polar surface area (TPSA) is 41.1 Å². The van der Waals surface area contributed by atoms with Gasteiger partial charge in [0.25, 0.3) is 0 Å². The highest BCUT2D eigenvalue weighted by atomic mass is 35.5. The molecular formula is C15H23ClN2O. The predicted molar refractivity (Wildman–Crippen MR) is 80.7 cm³/mol. The molecule has 4 heteroatoms. The van der Waals surface area contributed by atoms with Gasteiger partial charge in [-0.3, -0.25) is 4.79 Å². The van der Waals surface area contributed by atoms with Gasteiger partial charge in [0.2, 0.25) is 5.91 Å². The summed E-state index contributed by atoms with van der Waals surface area (Å²) in [5, 5.41) is 6.44. The molecule has 1 aromatic carbocycles. The molecule has 0 saturated carbocycles. The highest BCUT2D eigenvalue weighted by Gasteiger charge is 2.13. The van der Waals surface area contributed by atoms with E-state index in [1.807, 2.05) is 18.2 Å². The zero-order valence-corrected chi connectivity index (χ0v) is 12.0. The van der Waals surface area contributed by atoms with Crippen molar-refractivity contribution in [2.24, 2.45) is 0 Å². The van der Waals surface area contributed by atoms with Gasteiger partial charge in [-0.1, -0.05) is 30.3 Å². The summed E-state index contributed by atoms with van der Waals surface area (Å²) < 4.78 is 0. The summed E-state index contributed by atoms with van der Waals surface area (Å²) in [7, 11) is 0. The second-order valence-electron chi connectivity index (χ2n) is 4.92. The molecule has 2 N–H and O–H groups in total. The maximum atomic E-state index is 11.7. The SMILES string of the molecule is Cl.O=C(CCc1ccccc1)NCC[C@H]1CCCN1. The Kier molecular flexibility index (Phi) is 7.53. The zero-order valence-electron chi connectivity index (χ0n) is 11.2. The van der Waals surface area contributed by atoms with E-state index < -0.39 is 0 Å². The van der Waals surface area contributed by atoms with Crippen molar-refractivity contribution in [3.63, 3.8) is 0 Å². The van der Waals surface area contributed by atoms with Gasteiger partial charge in [-0.25, -0.2) is 0 Å². The van der Waals surface area contributed by atoms with Gasteiger partial charge in [0.05, 0.1) is 0 Å². The van der Waals surface area contributed by atoms with Crippen LogP contribution in [0.25, 0.3) is 0 Å². The molecule has 1 fully saturated rings. The molecule has 0 unspecified atom stereocenters. The van der Waals surface area contributed by atoms with Gasteiger partial charge in [-0.15, -0.1) is 12.4 Å². The number of aryl methyl sites for hydroxylation is 1. The van der Waals surface area contributed by atoms with Crippen molar-refractivity contribution in [2.45, 2.75) is 38.1 Å². The molecule has 1 heterocycles. The van der Waals surface area contributed by atoms with Crippen LogP contribution in [-0.2, 0) is 11.2 Å². The smallest absolute Gasteiger partial charge is 0.220 e. The fourth-order valence-corrected chi connectivity index (χ4v) is 2.38. The molecule has 0 aromatic heterocycles. The number of nitrogens with one attached hydrogen (secondary N) is 2. The third-order valence-electron chi connectivity index (χ3n) is 3.46. The summed E-state index contributed by atoms with van der Waals surface area (Å²) in [5.41, 5.74) is 1.23. The first kappa shape index (κ1) is 16.0. The van der Waals surface area contributed by atoms with Crippen molar-refractivity contribution < 1.29 is 4.79 Å². The van der Waals surface area contributed by atoms with Crippen molar-refractivity contribution in [1.82, 2.24) is 10.6 Å². The third-order valence-corrected chi connectivity index (χ3v) is 3.46. The Balaban J connectivity index is 0.00000180. The van der Waals surface area contributed by atoms with Crippen molar-refractivity contribution in [1.29, 1.82) is 0 Å². The van der Waals surface area contributed by atoms with Crippen LogP contribution < -0.4 is 10.6 Å². The molecule has 0 aliphatic carbocycles. The summed E-state index contributed by atoms with van der Waals surface area (Å²) in [6, 6.07) is 10.8. The van der Waals surface area contributed by atoms with Gasteiger partial charge < -0.3 is 10.6 Å². The molecule has 1 aromatic rings. The Morgan fingerprint density at radius 3 is 2.79 bits per heavy atom. The maximum absolute atomic E-state index is 11.7. The Bertz CT molecular complexity index is 364. The van der Waals surface area contributed by atoms with Gasteiger partial charge in [0.1, 0.15) is 0 Å². The van der Waals surface area contributed by atoms with E-state index in [1.165, 1.54) is 18.4 Å². The van der Waals surface area contributed by atoms with E-state index in [1.54, 1.807) is 0 Å². The van der Waals surface area contributed by atoms with Gasteiger partial charge in [0.15, 0.2) is 0 Å². The molecule has 1 aliphatic rings. The molecule has 3 nitrogen and oxygen atoms in total. The first-order chi connectivity index (χ1) is 8.84. The second kappa shape index (κ2) is 8.94. The number of carbonyl (C=O) groups excluding carboxylic acids is 1. The monoisotopic (exact) mass is 282 g/mol. The lowest BCUT2D eigenvalue weighted by Crippen LogP contribution is -2.30. The predicted octanol–water partition coefficient (Wildman–Crippen LogP) is 2.30. The van der Waals surface area contributed by atoms with Crippen molar-refractivity contribution >= 4 is 18.3 Å². The lowest BCUT2D eigenvalue weighted by molar-refractivity contribution is -0.121. The molecule has 1 amide bonds. The number of hydrogen-bond acceptors (Lipinski definition) is 2. The molecule has 0 spiro atoms. The van der Waals surface area contributed by atoms with Gasteiger partial charge >= 0.3 is 0 Å². The van der Waals surface area contributed by atoms with E-state index in [2.05, 4.69) is 22.8 Å². The zero-order chi connectivity index (χ0) is 12.6. The second-order valence-corrected chi connectivity index (χ2v) is 4.92. The Morgan fingerprint density at radius 1 is 1.32 bits per heavy atom. The average Bonchev–Trinajstić information content (AvgIpc) is 2.91. The molecule has 1 atom stereocenters. The summed E-state index contributed by atoms with van der Waals surface area (Å²) in [6.07, 6.45) is 4.99. The lowest BCUT2D eigenvalue weighted by Gasteiger charge is -2.10. The van der Waals surface area contributed by atoms with E-state index in [9.17, 15) is 4.79 Å². The van der Waals surface area contributed by atoms with Gasteiger partial charge in [-0.05, 0) is 37.8 Å². The number of amides is 1. The fraction of sp³-hybridized carbons (Fsp3) is 0.533. The van der Waals surface area contributed by atoms with Crippen LogP contribution in [0, 0.1) is 0 Å². The summed E-state index contributed by atoms with van der Waals surface area (Å²) in [4.78, 5) is 11.7. The van der Waals surface area contributed by atoms with Crippen LogP contribution in [0.4, 0.5) is 0 Å². The largest absolute Gasteiger partial charge is 0.356 e. The van der Waals surface area contributed by atoms with Gasteiger partial charge in [-0.2, -0.15) is 0 Å². The number of rotatable bonds is 6. The van der Waals surface area contributed by atoms with Crippen LogP contribution in [0.1, 0.15) is 31.2 Å². The van der Waals surface area contributed by atoms with Crippen LogP contribution in [0.15, 0.2) is 30.3 Å². The molecule has 1 aliphatic heterocycles. The lowest BCUT2D eigenvalue weighted by atomic mass is 10.1. The number of carbonyl (C=O) groups is 1. The van der Waals surface area contributed by atoms with Crippen molar-refractivity contribution in [2.75, 3.05) is 13.1 Å². The van der Waals surface area contributed by atoms with Crippen LogP contribution in [0.2, 0.25) is 0 Å². The average molecular weight is 283 g/mol. The molecule has 1 saturated heterocycles. The first-order valence-corrected chi connectivity index (χ1v) is 6.88. The quantitative estimate of drug-likeness (QED) is 0.841. The highest BCUT2D eigenvalue weighted by molar-refractivity contribution is 5.85. The molecule has 0 radical (unpaired) electrons. The van der Waals surface area contributed by atoms with E-state index in [0.29, 0.717) is 12.5 Å². The van der Waals surface area contributed by atoms with Crippen LogP contribution in [-0.4, -0.2) is 25.0 Å². The highest BCUT2D eigenvalue weighted by Crippen LogP contribution is 2.07. The van der Waals surface area contributed by atoms with Crippen LogP contribution >= 0.6 is 12.4 Å². The summed E-state index contributed by atoms with van der Waals surface area (Å²) >= 11 is 0. The first-order valence-electron chi connectivity index (χ1n) is 6.88. The third kappa shape index (κ3) is 6.08. The van der Waals surface area contributed by atoms with Crippen LogP contribution in [0.3, 0.4) is 0 Å². The Morgan fingerprint density at radius 2 is 2.11 bits per heavy atom. The minimum Gasteiger partial charge on any atom is -0.356 e. The van der Waals surface area contributed by atoms with E-state index in [0.717, 1.165) is 25.9 Å². The Hall–Kier alpha value is -1.06. The molecule has 19 heavy (non-hydrogen) atoms. The van der Waals surface area contributed by atoms with E-state index >= 15 is 0 Å².